The van der Waals surface area contributed by atoms with Crippen LogP contribution in [0.4, 0.5) is 10.6 Å². The zero-order chi connectivity index (χ0) is 16.3. The molecular weight excluding hydrogens is 280 g/mol. The van der Waals surface area contributed by atoms with Gasteiger partial charge < -0.3 is 14.5 Å². The Bertz CT molecular complexity index is 589. The zero-order valence-electron chi connectivity index (χ0n) is 13.5. The Morgan fingerprint density at radius 3 is 2.77 bits per heavy atom. The number of piperazine rings is 1. The third-order valence-corrected chi connectivity index (χ3v) is 3.45. The van der Waals surface area contributed by atoms with Crippen molar-refractivity contribution in [2.45, 2.75) is 39.3 Å². The minimum atomic E-state index is -0.486. The van der Waals surface area contributed by atoms with Crippen LogP contribution in [0.5, 0.6) is 0 Å². The number of carbonyl (C=O) groups is 1. The normalized spacial score (nSPS) is 18.8. The van der Waals surface area contributed by atoms with E-state index in [-0.39, 0.29) is 12.1 Å². The molecular formula is C16H22N4O2. The van der Waals surface area contributed by atoms with Crippen LogP contribution in [-0.2, 0) is 4.74 Å². The third kappa shape index (κ3) is 3.88. The molecule has 22 heavy (non-hydrogen) atoms. The van der Waals surface area contributed by atoms with Gasteiger partial charge in [0.2, 0.25) is 0 Å². The summed E-state index contributed by atoms with van der Waals surface area (Å²) >= 11 is 0. The number of carbonyl (C=O) groups excluding carboxylic acids is 1. The fourth-order valence-corrected chi connectivity index (χ4v) is 2.44. The Kier molecular flexibility index (Phi) is 4.55. The Hall–Kier alpha value is -2.29. The maximum Gasteiger partial charge on any atom is 0.410 e. The highest BCUT2D eigenvalue weighted by atomic mass is 16.6. The van der Waals surface area contributed by atoms with Gasteiger partial charge in [0.15, 0.2) is 0 Å². The summed E-state index contributed by atoms with van der Waals surface area (Å²) in [6.07, 6.45) is 1.36. The van der Waals surface area contributed by atoms with E-state index in [1.165, 1.54) is 0 Å². The quantitative estimate of drug-likeness (QED) is 0.796. The Balaban J connectivity index is 2.04. The molecule has 0 bridgehead atoms. The number of aromatic nitrogens is 1. The van der Waals surface area contributed by atoms with E-state index < -0.39 is 5.60 Å². The lowest BCUT2D eigenvalue weighted by Crippen LogP contribution is -2.54. The molecule has 0 radical (unpaired) electrons. The van der Waals surface area contributed by atoms with Crippen molar-refractivity contribution in [1.29, 1.82) is 5.26 Å². The van der Waals surface area contributed by atoms with Gasteiger partial charge in [-0.3, -0.25) is 0 Å². The first-order valence-electron chi connectivity index (χ1n) is 7.41. The van der Waals surface area contributed by atoms with E-state index in [0.29, 0.717) is 25.2 Å². The molecule has 2 rings (SSSR count). The van der Waals surface area contributed by atoms with Gasteiger partial charge in [-0.2, -0.15) is 5.26 Å². The molecule has 1 aromatic heterocycles. The Morgan fingerprint density at radius 1 is 1.45 bits per heavy atom. The van der Waals surface area contributed by atoms with Crippen molar-refractivity contribution >= 4 is 11.9 Å². The van der Waals surface area contributed by atoms with Crippen LogP contribution in [0.1, 0.15) is 33.3 Å². The molecule has 1 aromatic rings. The van der Waals surface area contributed by atoms with Gasteiger partial charge >= 0.3 is 6.09 Å². The highest BCUT2D eigenvalue weighted by molar-refractivity contribution is 5.68. The summed E-state index contributed by atoms with van der Waals surface area (Å²) in [6.45, 7) is 9.45. The monoisotopic (exact) mass is 302 g/mol. The summed E-state index contributed by atoms with van der Waals surface area (Å²) in [7, 11) is 0. The second kappa shape index (κ2) is 6.22. The second-order valence-electron chi connectivity index (χ2n) is 6.48. The van der Waals surface area contributed by atoms with E-state index in [0.717, 1.165) is 5.82 Å². The molecule has 1 aliphatic heterocycles. The summed E-state index contributed by atoms with van der Waals surface area (Å²) in [5.41, 5.74) is 0.104. The van der Waals surface area contributed by atoms with E-state index in [1.54, 1.807) is 23.2 Å². The number of hydrogen-bond acceptors (Lipinski definition) is 5. The average Bonchev–Trinajstić information content (AvgIpc) is 2.45. The number of hydrogen-bond donors (Lipinski definition) is 0. The third-order valence-electron chi connectivity index (χ3n) is 3.45. The first-order valence-corrected chi connectivity index (χ1v) is 7.41. The minimum absolute atomic E-state index is 0.114. The van der Waals surface area contributed by atoms with Crippen molar-refractivity contribution < 1.29 is 9.53 Å². The first kappa shape index (κ1) is 16.1. The molecule has 6 heteroatoms. The molecule has 2 heterocycles. The molecule has 0 aromatic carbocycles. The average molecular weight is 302 g/mol. The van der Waals surface area contributed by atoms with Crippen molar-refractivity contribution in [3.05, 3.63) is 23.9 Å². The van der Waals surface area contributed by atoms with Gasteiger partial charge in [0.25, 0.3) is 0 Å². The van der Waals surface area contributed by atoms with Gasteiger partial charge in [-0.15, -0.1) is 0 Å². The van der Waals surface area contributed by atoms with E-state index in [9.17, 15) is 4.79 Å². The topological polar surface area (TPSA) is 69.5 Å². The minimum Gasteiger partial charge on any atom is -0.444 e. The molecule has 1 aliphatic rings. The molecule has 0 N–H and O–H groups in total. The van der Waals surface area contributed by atoms with E-state index >= 15 is 0 Å². The van der Waals surface area contributed by atoms with Crippen LogP contribution in [0.15, 0.2) is 18.3 Å². The number of pyridine rings is 1. The fourth-order valence-electron chi connectivity index (χ4n) is 2.44. The van der Waals surface area contributed by atoms with Crippen molar-refractivity contribution in [2.75, 3.05) is 24.5 Å². The lowest BCUT2D eigenvalue weighted by atomic mass is 10.1. The summed E-state index contributed by atoms with van der Waals surface area (Å²) in [6, 6.07) is 5.70. The molecule has 0 unspecified atom stereocenters. The first-order chi connectivity index (χ1) is 10.3. The molecule has 0 saturated carbocycles. The van der Waals surface area contributed by atoms with Gasteiger partial charge in [0.05, 0.1) is 11.6 Å². The molecule has 0 spiro atoms. The van der Waals surface area contributed by atoms with Crippen LogP contribution in [0.2, 0.25) is 0 Å². The smallest absolute Gasteiger partial charge is 0.410 e. The molecule has 6 nitrogen and oxygen atoms in total. The highest BCUT2D eigenvalue weighted by Gasteiger charge is 2.30. The van der Waals surface area contributed by atoms with Gasteiger partial charge in [-0.25, -0.2) is 9.78 Å². The standard InChI is InChI=1S/C16H22N4O2/c1-12-11-19(15(21)22-16(2,3)4)7-8-20(12)14-9-13(10-17)5-6-18-14/h5-6,9,12H,7-8,11H2,1-4H3/t12-/m0/s1. The van der Waals surface area contributed by atoms with Crippen LogP contribution in [0, 0.1) is 11.3 Å². The van der Waals surface area contributed by atoms with Crippen molar-refractivity contribution in [3.8, 4) is 6.07 Å². The maximum absolute atomic E-state index is 12.1. The Labute approximate surface area is 131 Å². The van der Waals surface area contributed by atoms with Crippen LogP contribution in [0.25, 0.3) is 0 Å². The number of nitriles is 1. The van der Waals surface area contributed by atoms with Gasteiger partial charge in [-0.05, 0) is 39.8 Å². The molecule has 1 amide bonds. The predicted octanol–water partition coefficient (Wildman–Crippen LogP) is 2.40. The molecule has 1 fully saturated rings. The lowest BCUT2D eigenvalue weighted by Gasteiger charge is -2.40. The summed E-state index contributed by atoms with van der Waals surface area (Å²) in [4.78, 5) is 20.3. The highest BCUT2D eigenvalue weighted by Crippen LogP contribution is 2.20. The summed E-state index contributed by atoms with van der Waals surface area (Å²) in [5, 5.41) is 8.98. The zero-order valence-corrected chi connectivity index (χ0v) is 13.5. The van der Waals surface area contributed by atoms with Crippen molar-refractivity contribution in [2.24, 2.45) is 0 Å². The largest absolute Gasteiger partial charge is 0.444 e. The van der Waals surface area contributed by atoms with Crippen molar-refractivity contribution in [1.82, 2.24) is 9.88 Å². The maximum atomic E-state index is 12.1. The van der Waals surface area contributed by atoms with Gasteiger partial charge in [0.1, 0.15) is 11.4 Å². The summed E-state index contributed by atoms with van der Waals surface area (Å²) in [5.74, 6) is 0.774. The van der Waals surface area contributed by atoms with Crippen LogP contribution >= 0.6 is 0 Å². The predicted molar refractivity (Wildman–Crippen MR) is 83.6 cm³/mol. The number of rotatable bonds is 1. The molecule has 1 saturated heterocycles. The van der Waals surface area contributed by atoms with Gasteiger partial charge in [0, 0.05) is 31.9 Å². The second-order valence-corrected chi connectivity index (χ2v) is 6.48. The SMILES string of the molecule is C[C@H]1CN(C(=O)OC(C)(C)C)CCN1c1cc(C#N)ccn1. The fraction of sp³-hybridized carbons (Fsp3) is 0.562. The van der Waals surface area contributed by atoms with Crippen molar-refractivity contribution in [3.63, 3.8) is 0 Å². The number of ether oxygens (including phenoxy) is 1. The molecule has 1 atom stereocenters. The lowest BCUT2D eigenvalue weighted by molar-refractivity contribution is 0.0218. The van der Waals surface area contributed by atoms with E-state index in [2.05, 4.69) is 16.0 Å². The van der Waals surface area contributed by atoms with Gasteiger partial charge in [-0.1, -0.05) is 0 Å². The van der Waals surface area contributed by atoms with E-state index in [4.69, 9.17) is 10.00 Å². The number of anilines is 1. The van der Waals surface area contributed by atoms with Crippen LogP contribution in [-0.4, -0.2) is 47.3 Å². The molecule has 0 aliphatic carbocycles. The Morgan fingerprint density at radius 2 is 2.18 bits per heavy atom. The molecule has 118 valence electrons. The number of amides is 1. The summed E-state index contributed by atoms with van der Waals surface area (Å²) < 4.78 is 5.41. The van der Waals surface area contributed by atoms with Crippen LogP contribution < -0.4 is 4.90 Å². The van der Waals surface area contributed by atoms with E-state index in [1.807, 2.05) is 27.7 Å². The van der Waals surface area contributed by atoms with Crippen LogP contribution in [0.3, 0.4) is 0 Å². The number of nitrogens with zero attached hydrogens (tertiary/aromatic N) is 4.